The van der Waals surface area contributed by atoms with E-state index in [0.717, 1.165) is 56.9 Å². The number of furan rings is 1. The van der Waals surface area contributed by atoms with E-state index in [-0.39, 0.29) is 11.8 Å². The van der Waals surface area contributed by atoms with Gasteiger partial charge in [-0.3, -0.25) is 19.6 Å². The summed E-state index contributed by atoms with van der Waals surface area (Å²) < 4.78 is 5.47. The average Bonchev–Trinajstić information content (AvgIpc) is 3.26. The van der Waals surface area contributed by atoms with E-state index in [2.05, 4.69) is 20.1 Å². The lowest BCUT2D eigenvalue weighted by atomic mass is 9.93. The Morgan fingerprint density at radius 3 is 2.82 bits per heavy atom. The summed E-state index contributed by atoms with van der Waals surface area (Å²) in [6.45, 7) is 5.67. The van der Waals surface area contributed by atoms with Crippen LogP contribution in [0, 0.1) is 5.92 Å². The van der Waals surface area contributed by atoms with E-state index in [4.69, 9.17) is 4.42 Å². The first-order valence-corrected chi connectivity index (χ1v) is 10.4. The molecule has 1 amide bonds. The zero-order chi connectivity index (χ0) is 19.2. The Morgan fingerprint density at radius 1 is 1.18 bits per heavy atom. The average molecular weight is 383 g/mol. The fraction of sp³-hybridized carbons (Fsp3) is 0.545. The molecule has 0 spiro atoms. The summed E-state index contributed by atoms with van der Waals surface area (Å²) in [6, 6.07) is 8.50. The monoisotopic (exact) mass is 382 g/mol. The fourth-order valence-electron chi connectivity index (χ4n) is 4.45. The van der Waals surface area contributed by atoms with E-state index in [1.165, 1.54) is 12.8 Å². The van der Waals surface area contributed by atoms with E-state index in [9.17, 15) is 4.79 Å². The van der Waals surface area contributed by atoms with Gasteiger partial charge in [0.15, 0.2) is 0 Å². The van der Waals surface area contributed by atoms with Crippen molar-refractivity contribution < 1.29 is 9.21 Å². The SMILES string of the molecule is O=C(NCc1cccnc1)[C@@H]1CCCN(C2CCN(Cc3ccco3)CC2)C1. The normalized spacial score (nSPS) is 22.2. The van der Waals surface area contributed by atoms with Gasteiger partial charge in [0.05, 0.1) is 18.7 Å². The summed E-state index contributed by atoms with van der Waals surface area (Å²) in [5.41, 5.74) is 1.05. The number of rotatable bonds is 6. The van der Waals surface area contributed by atoms with Crippen molar-refractivity contribution in [2.24, 2.45) is 5.92 Å². The highest BCUT2D eigenvalue weighted by Crippen LogP contribution is 2.25. The van der Waals surface area contributed by atoms with Crippen LogP contribution in [0.1, 0.15) is 37.0 Å². The maximum absolute atomic E-state index is 12.7. The molecule has 0 saturated carbocycles. The number of amides is 1. The molecule has 0 unspecified atom stereocenters. The maximum atomic E-state index is 12.7. The second kappa shape index (κ2) is 9.34. The molecule has 2 aliphatic rings. The molecule has 2 aromatic rings. The van der Waals surface area contributed by atoms with Crippen molar-refractivity contribution in [2.45, 2.75) is 44.8 Å². The van der Waals surface area contributed by atoms with Crippen LogP contribution in [0.15, 0.2) is 47.3 Å². The Hall–Kier alpha value is -2.18. The van der Waals surface area contributed by atoms with Crippen molar-refractivity contribution in [1.82, 2.24) is 20.1 Å². The first-order valence-electron chi connectivity index (χ1n) is 10.4. The van der Waals surface area contributed by atoms with E-state index < -0.39 is 0 Å². The molecule has 1 atom stereocenters. The smallest absolute Gasteiger partial charge is 0.224 e. The molecule has 0 aromatic carbocycles. The van der Waals surface area contributed by atoms with Crippen LogP contribution in [0.4, 0.5) is 0 Å². The number of hydrogen-bond acceptors (Lipinski definition) is 5. The van der Waals surface area contributed by atoms with Crippen LogP contribution in [0.25, 0.3) is 0 Å². The van der Waals surface area contributed by atoms with Crippen molar-refractivity contribution >= 4 is 5.91 Å². The minimum absolute atomic E-state index is 0.103. The minimum Gasteiger partial charge on any atom is -0.468 e. The third kappa shape index (κ3) is 5.00. The molecule has 2 aromatic heterocycles. The molecule has 0 bridgehead atoms. The Morgan fingerprint density at radius 2 is 2.07 bits per heavy atom. The van der Waals surface area contributed by atoms with Crippen LogP contribution in [0.2, 0.25) is 0 Å². The summed E-state index contributed by atoms with van der Waals surface area (Å²) in [5.74, 6) is 1.33. The quantitative estimate of drug-likeness (QED) is 0.832. The third-order valence-electron chi connectivity index (χ3n) is 6.05. The highest BCUT2D eigenvalue weighted by molar-refractivity contribution is 5.78. The van der Waals surface area contributed by atoms with Crippen LogP contribution in [-0.2, 0) is 17.9 Å². The zero-order valence-corrected chi connectivity index (χ0v) is 16.4. The number of carbonyl (C=O) groups is 1. The van der Waals surface area contributed by atoms with Gasteiger partial charge in [-0.2, -0.15) is 0 Å². The van der Waals surface area contributed by atoms with Gasteiger partial charge in [0.1, 0.15) is 5.76 Å². The number of nitrogens with one attached hydrogen (secondary N) is 1. The molecule has 2 aliphatic heterocycles. The molecule has 1 N–H and O–H groups in total. The molecular formula is C22H30N4O2. The molecule has 0 aliphatic carbocycles. The van der Waals surface area contributed by atoms with Gasteiger partial charge < -0.3 is 9.73 Å². The molecule has 150 valence electrons. The number of pyridine rings is 1. The van der Waals surface area contributed by atoms with Gasteiger partial charge in [0, 0.05) is 44.6 Å². The lowest BCUT2D eigenvalue weighted by Crippen LogP contribution is -2.50. The Balaban J connectivity index is 1.23. The highest BCUT2D eigenvalue weighted by Gasteiger charge is 2.31. The summed E-state index contributed by atoms with van der Waals surface area (Å²) in [5, 5.41) is 3.10. The lowest BCUT2D eigenvalue weighted by molar-refractivity contribution is -0.127. The molecule has 0 radical (unpaired) electrons. The predicted octanol–water partition coefficient (Wildman–Crippen LogP) is 2.67. The number of piperidine rings is 2. The minimum atomic E-state index is 0.103. The van der Waals surface area contributed by atoms with Gasteiger partial charge in [-0.25, -0.2) is 0 Å². The van der Waals surface area contributed by atoms with Crippen LogP contribution in [0.5, 0.6) is 0 Å². The van der Waals surface area contributed by atoms with Crippen LogP contribution >= 0.6 is 0 Å². The Labute approximate surface area is 166 Å². The predicted molar refractivity (Wildman–Crippen MR) is 107 cm³/mol. The molecule has 2 saturated heterocycles. The van der Waals surface area contributed by atoms with Crippen LogP contribution in [-0.4, -0.2) is 52.9 Å². The van der Waals surface area contributed by atoms with Gasteiger partial charge in [-0.15, -0.1) is 0 Å². The molecule has 28 heavy (non-hydrogen) atoms. The van der Waals surface area contributed by atoms with E-state index >= 15 is 0 Å². The standard InChI is InChI=1S/C22H30N4O2/c27-22(24-15-18-4-1-9-23-14-18)19-5-2-10-26(16-19)20-7-11-25(12-8-20)17-21-6-3-13-28-21/h1,3-4,6,9,13-14,19-20H,2,5,7-8,10-12,15-17H2,(H,24,27)/t19-/m1/s1. The van der Waals surface area contributed by atoms with Gasteiger partial charge >= 0.3 is 0 Å². The number of likely N-dealkylation sites (tertiary alicyclic amines) is 2. The summed E-state index contributed by atoms with van der Waals surface area (Å²) >= 11 is 0. The van der Waals surface area contributed by atoms with Crippen molar-refractivity contribution in [3.63, 3.8) is 0 Å². The maximum Gasteiger partial charge on any atom is 0.224 e. The molecule has 6 nitrogen and oxygen atoms in total. The molecule has 4 heterocycles. The Kier molecular flexibility index (Phi) is 6.39. The number of nitrogens with zero attached hydrogens (tertiary/aromatic N) is 3. The largest absolute Gasteiger partial charge is 0.468 e. The van der Waals surface area contributed by atoms with Crippen molar-refractivity contribution in [2.75, 3.05) is 26.2 Å². The van der Waals surface area contributed by atoms with Gasteiger partial charge in [-0.1, -0.05) is 6.07 Å². The van der Waals surface area contributed by atoms with E-state index in [1.807, 2.05) is 30.5 Å². The van der Waals surface area contributed by atoms with Crippen LogP contribution in [0.3, 0.4) is 0 Å². The summed E-state index contributed by atoms with van der Waals surface area (Å²) in [7, 11) is 0. The van der Waals surface area contributed by atoms with Gasteiger partial charge in [0.2, 0.25) is 5.91 Å². The van der Waals surface area contributed by atoms with Crippen LogP contribution < -0.4 is 5.32 Å². The Bertz CT molecular complexity index is 726. The first kappa shape index (κ1) is 19.2. The van der Waals surface area contributed by atoms with E-state index in [0.29, 0.717) is 12.6 Å². The van der Waals surface area contributed by atoms with Crippen molar-refractivity contribution in [1.29, 1.82) is 0 Å². The second-order valence-corrected chi connectivity index (χ2v) is 8.00. The first-order chi connectivity index (χ1) is 13.8. The molecule has 4 rings (SSSR count). The zero-order valence-electron chi connectivity index (χ0n) is 16.4. The molecule has 2 fully saturated rings. The van der Waals surface area contributed by atoms with Gasteiger partial charge in [-0.05, 0) is 56.0 Å². The number of hydrogen-bond donors (Lipinski definition) is 1. The highest BCUT2D eigenvalue weighted by atomic mass is 16.3. The fourth-order valence-corrected chi connectivity index (χ4v) is 4.45. The molecule has 6 heteroatoms. The van der Waals surface area contributed by atoms with E-state index in [1.54, 1.807) is 12.5 Å². The lowest BCUT2D eigenvalue weighted by Gasteiger charge is -2.41. The topological polar surface area (TPSA) is 61.6 Å². The molecular weight excluding hydrogens is 352 g/mol. The summed E-state index contributed by atoms with van der Waals surface area (Å²) in [4.78, 5) is 21.8. The third-order valence-corrected chi connectivity index (χ3v) is 6.05. The van der Waals surface area contributed by atoms with Crippen molar-refractivity contribution in [3.05, 3.63) is 54.2 Å². The number of carbonyl (C=O) groups excluding carboxylic acids is 1. The van der Waals surface area contributed by atoms with Crippen molar-refractivity contribution in [3.8, 4) is 0 Å². The van der Waals surface area contributed by atoms with Gasteiger partial charge in [0.25, 0.3) is 0 Å². The number of aromatic nitrogens is 1. The second-order valence-electron chi connectivity index (χ2n) is 8.00. The summed E-state index contributed by atoms with van der Waals surface area (Å²) in [6.07, 6.45) is 9.75.